The molecule has 1 aromatic carbocycles. The molecule has 0 fully saturated rings. The Hall–Kier alpha value is -0.280. The minimum absolute atomic E-state index is 0.177. The fraction of sp³-hybridized carbons (Fsp3) is 0.455. The lowest BCUT2D eigenvalue weighted by Gasteiger charge is -2.14. The Balaban J connectivity index is 2.41. The number of ether oxygens (including phenoxy) is 1. The minimum Gasteiger partial charge on any atom is -0.383 e. The van der Waals surface area contributed by atoms with E-state index < -0.39 is 0 Å². The van der Waals surface area contributed by atoms with Gasteiger partial charge in [-0.25, -0.2) is 0 Å². The molecule has 1 unspecified atom stereocenters. The Morgan fingerprint density at radius 2 is 2.27 bits per heavy atom. The van der Waals surface area contributed by atoms with Gasteiger partial charge in [0.25, 0.3) is 0 Å². The monoisotopic (exact) mass is 247 g/mol. The van der Waals surface area contributed by atoms with Gasteiger partial charge in [-0.2, -0.15) is 0 Å². The van der Waals surface area contributed by atoms with Crippen molar-refractivity contribution < 1.29 is 4.74 Å². The van der Waals surface area contributed by atoms with Gasteiger partial charge in [0.1, 0.15) is 0 Å². The van der Waals surface area contributed by atoms with Crippen molar-refractivity contribution in [2.75, 3.05) is 19.6 Å². The number of nitrogens with one attached hydrogen (secondary N) is 1. The molecule has 0 bridgehead atoms. The van der Waals surface area contributed by atoms with Crippen LogP contribution in [0.4, 0.5) is 0 Å². The highest BCUT2D eigenvalue weighted by Crippen LogP contribution is 2.10. The molecule has 0 heterocycles. The first-order valence-electron chi connectivity index (χ1n) is 4.79. The molecule has 1 aromatic rings. The Morgan fingerprint density at radius 1 is 1.47 bits per heavy atom. The molecule has 1 rings (SSSR count). The average molecular weight is 248 g/mol. The van der Waals surface area contributed by atoms with Crippen molar-refractivity contribution in [1.82, 2.24) is 5.32 Å². The zero-order valence-electron chi connectivity index (χ0n) is 8.67. The van der Waals surface area contributed by atoms with Crippen LogP contribution in [0, 0.1) is 0 Å². The Kier molecular flexibility index (Phi) is 6.03. The summed E-state index contributed by atoms with van der Waals surface area (Å²) in [7, 11) is 1.67. The summed E-state index contributed by atoms with van der Waals surface area (Å²) in [5, 5.41) is 4.05. The van der Waals surface area contributed by atoms with E-state index >= 15 is 0 Å². The third kappa shape index (κ3) is 4.85. The van der Waals surface area contributed by atoms with Crippen molar-refractivity contribution in [3.8, 4) is 0 Å². The van der Waals surface area contributed by atoms with Crippen LogP contribution in [0.2, 0.25) is 5.02 Å². The molecule has 2 nitrogen and oxygen atoms in total. The second kappa shape index (κ2) is 7.07. The van der Waals surface area contributed by atoms with Crippen molar-refractivity contribution in [3.05, 3.63) is 34.9 Å². The second-order valence-electron chi connectivity index (χ2n) is 3.32. The summed E-state index contributed by atoms with van der Waals surface area (Å²) in [6.45, 7) is 1.37. The van der Waals surface area contributed by atoms with E-state index in [1.807, 2.05) is 24.3 Å². The molecular formula is C11H15Cl2NO. The van der Waals surface area contributed by atoms with Crippen LogP contribution in [0.5, 0.6) is 0 Å². The molecule has 0 spiro atoms. The van der Waals surface area contributed by atoms with E-state index in [2.05, 4.69) is 5.32 Å². The normalized spacial score (nSPS) is 12.7. The first kappa shape index (κ1) is 12.8. The molecule has 15 heavy (non-hydrogen) atoms. The topological polar surface area (TPSA) is 21.3 Å². The number of methoxy groups -OCH3 is 1. The lowest BCUT2D eigenvalue weighted by atomic mass is 10.2. The van der Waals surface area contributed by atoms with Gasteiger partial charge < -0.3 is 10.1 Å². The lowest BCUT2D eigenvalue weighted by molar-refractivity contribution is 0.172. The highest BCUT2D eigenvalue weighted by atomic mass is 35.5. The van der Waals surface area contributed by atoms with Crippen molar-refractivity contribution in [2.45, 2.75) is 12.6 Å². The summed E-state index contributed by atoms with van der Waals surface area (Å²) in [6.07, 6.45) is 0. The molecule has 0 radical (unpaired) electrons. The van der Waals surface area contributed by atoms with E-state index in [-0.39, 0.29) is 6.04 Å². The number of alkyl halides is 1. The van der Waals surface area contributed by atoms with Crippen LogP contribution >= 0.6 is 23.2 Å². The van der Waals surface area contributed by atoms with Gasteiger partial charge in [0.2, 0.25) is 0 Å². The maximum atomic E-state index is 5.88. The average Bonchev–Trinajstić information content (AvgIpc) is 2.24. The van der Waals surface area contributed by atoms with Gasteiger partial charge >= 0.3 is 0 Å². The van der Waals surface area contributed by atoms with Gasteiger partial charge in [0, 0.05) is 30.6 Å². The van der Waals surface area contributed by atoms with Crippen LogP contribution in [-0.2, 0) is 11.3 Å². The predicted molar refractivity (Wildman–Crippen MR) is 64.7 cm³/mol. The summed E-state index contributed by atoms with van der Waals surface area (Å²) in [6, 6.07) is 7.93. The number of hydrogen-bond acceptors (Lipinski definition) is 2. The molecule has 0 saturated heterocycles. The van der Waals surface area contributed by atoms with Gasteiger partial charge in [-0.1, -0.05) is 23.7 Å². The second-order valence-corrected chi connectivity index (χ2v) is 4.06. The summed E-state index contributed by atoms with van der Waals surface area (Å²) in [4.78, 5) is 0. The highest BCUT2D eigenvalue weighted by Gasteiger charge is 2.05. The Bertz CT molecular complexity index is 294. The van der Waals surface area contributed by atoms with E-state index in [0.29, 0.717) is 12.5 Å². The molecule has 1 atom stereocenters. The number of hydrogen-bond donors (Lipinski definition) is 1. The van der Waals surface area contributed by atoms with Crippen LogP contribution in [-0.4, -0.2) is 25.6 Å². The van der Waals surface area contributed by atoms with Crippen LogP contribution in [0.15, 0.2) is 24.3 Å². The Morgan fingerprint density at radius 3 is 2.87 bits per heavy atom. The molecule has 0 amide bonds. The fourth-order valence-electron chi connectivity index (χ4n) is 1.27. The summed E-state index contributed by atoms with van der Waals surface area (Å²) < 4.78 is 5.03. The van der Waals surface area contributed by atoms with Crippen molar-refractivity contribution in [3.63, 3.8) is 0 Å². The number of benzene rings is 1. The quantitative estimate of drug-likeness (QED) is 0.781. The van der Waals surface area contributed by atoms with Crippen LogP contribution in [0.3, 0.4) is 0 Å². The van der Waals surface area contributed by atoms with E-state index in [4.69, 9.17) is 27.9 Å². The molecule has 84 valence electrons. The predicted octanol–water partition coefficient (Wildman–Crippen LogP) is 2.68. The zero-order valence-corrected chi connectivity index (χ0v) is 10.2. The third-order valence-corrected chi connectivity index (χ3v) is 2.65. The molecule has 0 saturated carbocycles. The standard InChI is InChI=1S/C11H15Cl2NO/c1-15-8-11(6-12)14-7-9-3-2-4-10(13)5-9/h2-5,11,14H,6-8H2,1H3. The molecule has 0 aliphatic heterocycles. The van der Waals surface area contributed by atoms with E-state index in [1.165, 1.54) is 0 Å². The lowest BCUT2D eigenvalue weighted by Crippen LogP contribution is -2.34. The van der Waals surface area contributed by atoms with Crippen LogP contribution in [0.1, 0.15) is 5.56 Å². The Labute approximate surface area is 101 Å². The molecule has 0 aromatic heterocycles. The SMILES string of the molecule is COCC(CCl)NCc1cccc(Cl)c1. The van der Waals surface area contributed by atoms with E-state index in [9.17, 15) is 0 Å². The first-order chi connectivity index (χ1) is 7.26. The summed E-state index contributed by atoms with van der Waals surface area (Å²) in [5.74, 6) is 0.536. The summed E-state index contributed by atoms with van der Waals surface area (Å²) >= 11 is 11.7. The van der Waals surface area contributed by atoms with Gasteiger partial charge in [0.15, 0.2) is 0 Å². The first-order valence-corrected chi connectivity index (χ1v) is 5.70. The summed E-state index contributed by atoms with van der Waals surface area (Å²) in [5.41, 5.74) is 1.15. The van der Waals surface area contributed by atoms with Gasteiger partial charge in [-0.05, 0) is 17.7 Å². The smallest absolute Gasteiger partial charge is 0.0627 e. The van der Waals surface area contributed by atoms with Crippen molar-refractivity contribution in [1.29, 1.82) is 0 Å². The van der Waals surface area contributed by atoms with Gasteiger partial charge in [-0.3, -0.25) is 0 Å². The van der Waals surface area contributed by atoms with E-state index in [0.717, 1.165) is 17.1 Å². The van der Waals surface area contributed by atoms with Gasteiger partial charge in [0.05, 0.1) is 6.61 Å². The van der Waals surface area contributed by atoms with Gasteiger partial charge in [-0.15, -0.1) is 11.6 Å². The molecule has 0 aliphatic carbocycles. The zero-order chi connectivity index (χ0) is 11.1. The molecular weight excluding hydrogens is 233 g/mol. The number of halogens is 2. The maximum absolute atomic E-state index is 5.88. The van der Waals surface area contributed by atoms with Crippen LogP contribution < -0.4 is 5.32 Å². The highest BCUT2D eigenvalue weighted by molar-refractivity contribution is 6.30. The molecule has 1 N–H and O–H groups in total. The van der Waals surface area contributed by atoms with Crippen molar-refractivity contribution in [2.24, 2.45) is 0 Å². The molecule has 4 heteroatoms. The minimum atomic E-state index is 0.177. The van der Waals surface area contributed by atoms with E-state index in [1.54, 1.807) is 7.11 Å². The van der Waals surface area contributed by atoms with Crippen molar-refractivity contribution >= 4 is 23.2 Å². The third-order valence-electron chi connectivity index (χ3n) is 2.04. The fourth-order valence-corrected chi connectivity index (χ4v) is 1.68. The van der Waals surface area contributed by atoms with Crippen LogP contribution in [0.25, 0.3) is 0 Å². The molecule has 0 aliphatic rings. The largest absolute Gasteiger partial charge is 0.383 e. The maximum Gasteiger partial charge on any atom is 0.0627 e. The number of rotatable bonds is 6.